The lowest BCUT2D eigenvalue weighted by atomic mass is 9.89. The van der Waals surface area contributed by atoms with Crippen LogP contribution in [0.3, 0.4) is 0 Å². The first kappa shape index (κ1) is 21.6. The lowest BCUT2D eigenvalue weighted by Gasteiger charge is -2.29. The van der Waals surface area contributed by atoms with Gasteiger partial charge in [0.25, 0.3) is 0 Å². The first-order valence-corrected chi connectivity index (χ1v) is 8.68. The van der Waals surface area contributed by atoms with E-state index in [2.05, 4.69) is 21.2 Å². The van der Waals surface area contributed by atoms with Gasteiger partial charge in [0.15, 0.2) is 5.78 Å². The molecule has 142 valence electrons. The number of hydrogen-bond acceptors (Lipinski definition) is 7. The second kappa shape index (κ2) is 9.33. The van der Waals surface area contributed by atoms with Crippen LogP contribution in [0.1, 0.15) is 37.6 Å². The summed E-state index contributed by atoms with van der Waals surface area (Å²) in [4.78, 5) is 49.4. The molecule has 0 radical (unpaired) electrons. The molecule has 26 heavy (non-hydrogen) atoms. The van der Waals surface area contributed by atoms with E-state index >= 15 is 0 Å². The minimum Gasteiger partial charge on any atom is -0.464 e. The molecule has 1 amide bonds. The fourth-order valence-electron chi connectivity index (χ4n) is 2.29. The van der Waals surface area contributed by atoms with Crippen LogP contribution in [0, 0.1) is 0 Å². The Morgan fingerprint density at radius 2 is 1.65 bits per heavy atom. The van der Waals surface area contributed by atoms with Crippen LogP contribution in [0.4, 0.5) is 5.69 Å². The number of halogens is 1. The Balaban J connectivity index is 3.39. The number of carbonyl (C=O) groups excluding carboxylic acids is 4. The number of esters is 2. The maximum atomic E-state index is 12.8. The van der Waals surface area contributed by atoms with Crippen molar-refractivity contribution in [3.05, 3.63) is 28.2 Å². The van der Waals surface area contributed by atoms with Crippen molar-refractivity contribution < 1.29 is 28.7 Å². The fraction of sp³-hybridized carbons (Fsp3) is 0.412. The maximum absolute atomic E-state index is 12.8. The van der Waals surface area contributed by atoms with Crippen LogP contribution < -0.4 is 11.1 Å². The molecule has 1 aromatic carbocycles. The van der Waals surface area contributed by atoms with Crippen molar-refractivity contribution >= 4 is 45.2 Å². The third-order valence-electron chi connectivity index (χ3n) is 3.38. The quantitative estimate of drug-likeness (QED) is 0.278. The number of Topliss-reactive ketones (excluding diaryl/α,β-unsaturated/α-hetero) is 1. The van der Waals surface area contributed by atoms with E-state index in [9.17, 15) is 19.2 Å². The zero-order valence-electron chi connectivity index (χ0n) is 14.8. The number of carbonyl (C=O) groups is 4. The van der Waals surface area contributed by atoms with E-state index in [1.54, 1.807) is 6.07 Å². The van der Waals surface area contributed by atoms with Crippen LogP contribution in [0.25, 0.3) is 0 Å². The molecule has 0 fully saturated rings. The van der Waals surface area contributed by atoms with Gasteiger partial charge in [0.05, 0.1) is 19.6 Å². The summed E-state index contributed by atoms with van der Waals surface area (Å²) < 4.78 is 10.4. The molecule has 0 aliphatic rings. The standard InChI is InChI=1S/C17H21BrN2O6/c1-4-25-15(23)17(20-10(3)21,16(24)26-5-2)9-14(22)12-8-11(18)6-7-13(12)19/h6-8H,4-5,9,19H2,1-3H3,(H,20,21). The number of nitrogen functional groups attached to an aromatic ring is 1. The molecule has 0 aliphatic carbocycles. The van der Waals surface area contributed by atoms with Crippen LogP contribution in [0.5, 0.6) is 0 Å². The molecular formula is C17H21BrN2O6. The Morgan fingerprint density at radius 1 is 1.12 bits per heavy atom. The van der Waals surface area contributed by atoms with Gasteiger partial charge in [-0.05, 0) is 32.0 Å². The van der Waals surface area contributed by atoms with E-state index in [-0.39, 0.29) is 24.5 Å². The number of rotatable bonds is 8. The molecule has 0 spiro atoms. The molecule has 0 bridgehead atoms. The van der Waals surface area contributed by atoms with Gasteiger partial charge in [-0.2, -0.15) is 0 Å². The number of ketones is 1. The molecule has 3 N–H and O–H groups in total. The van der Waals surface area contributed by atoms with Crippen molar-refractivity contribution in [3.8, 4) is 0 Å². The summed E-state index contributed by atoms with van der Waals surface area (Å²) in [6, 6.07) is 4.61. The van der Waals surface area contributed by atoms with Crippen molar-refractivity contribution in [3.63, 3.8) is 0 Å². The fourth-order valence-corrected chi connectivity index (χ4v) is 2.65. The second-order valence-corrected chi connectivity index (χ2v) is 6.27. The summed E-state index contributed by atoms with van der Waals surface area (Å²) in [5, 5.41) is 2.24. The second-order valence-electron chi connectivity index (χ2n) is 5.36. The van der Waals surface area contributed by atoms with E-state index < -0.39 is 35.6 Å². The van der Waals surface area contributed by atoms with Gasteiger partial charge in [-0.3, -0.25) is 9.59 Å². The van der Waals surface area contributed by atoms with Gasteiger partial charge in [-0.1, -0.05) is 15.9 Å². The van der Waals surface area contributed by atoms with E-state index in [0.717, 1.165) is 6.92 Å². The average molecular weight is 429 g/mol. The summed E-state index contributed by atoms with van der Waals surface area (Å²) in [7, 11) is 0. The summed E-state index contributed by atoms with van der Waals surface area (Å²) >= 11 is 3.23. The van der Waals surface area contributed by atoms with E-state index in [1.165, 1.54) is 26.0 Å². The number of nitrogens with one attached hydrogen (secondary N) is 1. The van der Waals surface area contributed by atoms with Gasteiger partial charge >= 0.3 is 11.9 Å². The van der Waals surface area contributed by atoms with Gasteiger partial charge in [-0.25, -0.2) is 9.59 Å². The predicted molar refractivity (Wildman–Crippen MR) is 97.3 cm³/mol. The molecule has 9 heteroatoms. The smallest absolute Gasteiger partial charge is 0.344 e. The number of amides is 1. The molecule has 1 aromatic rings. The van der Waals surface area contributed by atoms with Crippen molar-refractivity contribution in [1.82, 2.24) is 5.32 Å². The largest absolute Gasteiger partial charge is 0.464 e. The molecule has 0 heterocycles. The Hall–Kier alpha value is -2.42. The molecule has 8 nitrogen and oxygen atoms in total. The molecular weight excluding hydrogens is 408 g/mol. The van der Waals surface area contributed by atoms with Gasteiger partial charge in [-0.15, -0.1) is 0 Å². The Kier molecular flexibility index (Phi) is 7.76. The predicted octanol–water partition coefficient (Wildman–Crippen LogP) is 1.61. The topological polar surface area (TPSA) is 125 Å². The first-order chi connectivity index (χ1) is 12.2. The highest BCUT2D eigenvalue weighted by Crippen LogP contribution is 2.25. The normalized spacial score (nSPS) is 10.8. The number of hydrogen-bond donors (Lipinski definition) is 2. The maximum Gasteiger partial charge on any atom is 0.344 e. The Bertz CT molecular complexity index is 701. The third kappa shape index (κ3) is 5.04. The molecule has 0 unspecified atom stereocenters. The summed E-state index contributed by atoms with van der Waals surface area (Å²) in [6.45, 7) is 4.09. The van der Waals surface area contributed by atoms with Crippen LogP contribution in [0.2, 0.25) is 0 Å². The minimum absolute atomic E-state index is 0.0488. The van der Waals surface area contributed by atoms with Gasteiger partial charge in [0, 0.05) is 22.6 Å². The van der Waals surface area contributed by atoms with Crippen LogP contribution >= 0.6 is 15.9 Å². The molecule has 0 saturated heterocycles. The Labute approximate surface area is 159 Å². The lowest BCUT2D eigenvalue weighted by Crippen LogP contribution is -2.62. The van der Waals surface area contributed by atoms with Crippen molar-refractivity contribution in [2.45, 2.75) is 32.7 Å². The van der Waals surface area contributed by atoms with Gasteiger partial charge < -0.3 is 20.5 Å². The lowest BCUT2D eigenvalue weighted by molar-refractivity contribution is -0.167. The zero-order valence-corrected chi connectivity index (χ0v) is 16.3. The van der Waals surface area contributed by atoms with Crippen molar-refractivity contribution in [2.75, 3.05) is 18.9 Å². The summed E-state index contributed by atoms with van der Waals surface area (Å²) in [5.74, 6) is -3.47. The number of benzene rings is 1. The Morgan fingerprint density at radius 3 is 2.12 bits per heavy atom. The molecule has 0 saturated carbocycles. The van der Waals surface area contributed by atoms with Crippen molar-refractivity contribution in [2.24, 2.45) is 0 Å². The third-order valence-corrected chi connectivity index (χ3v) is 3.87. The first-order valence-electron chi connectivity index (χ1n) is 7.89. The van der Waals surface area contributed by atoms with E-state index in [1.807, 2.05) is 0 Å². The SMILES string of the molecule is CCOC(=O)C(CC(=O)c1cc(Br)ccc1N)(NC(C)=O)C(=O)OCC. The van der Waals surface area contributed by atoms with Gasteiger partial charge in [0.2, 0.25) is 11.4 Å². The molecule has 0 aliphatic heterocycles. The summed E-state index contributed by atoms with van der Waals surface area (Å²) in [5.41, 5.74) is 3.80. The van der Waals surface area contributed by atoms with Gasteiger partial charge in [0.1, 0.15) is 0 Å². The van der Waals surface area contributed by atoms with Crippen LogP contribution in [0.15, 0.2) is 22.7 Å². The van der Waals surface area contributed by atoms with Crippen LogP contribution in [-0.4, -0.2) is 42.4 Å². The number of ether oxygens (including phenoxy) is 2. The number of nitrogens with two attached hydrogens (primary N) is 1. The highest BCUT2D eigenvalue weighted by Gasteiger charge is 2.51. The zero-order chi connectivity index (χ0) is 19.9. The molecule has 0 atom stereocenters. The summed E-state index contributed by atoms with van der Waals surface area (Å²) in [6.07, 6.45) is -0.690. The highest BCUT2D eigenvalue weighted by atomic mass is 79.9. The molecule has 1 rings (SSSR count). The molecule has 0 aromatic heterocycles. The minimum atomic E-state index is -2.29. The number of anilines is 1. The highest BCUT2D eigenvalue weighted by molar-refractivity contribution is 9.10. The van der Waals surface area contributed by atoms with Crippen molar-refractivity contribution in [1.29, 1.82) is 0 Å². The van der Waals surface area contributed by atoms with E-state index in [0.29, 0.717) is 4.47 Å². The van der Waals surface area contributed by atoms with Crippen LogP contribution in [-0.2, 0) is 23.9 Å². The average Bonchev–Trinajstić information content (AvgIpc) is 2.56. The van der Waals surface area contributed by atoms with E-state index in [4.69, 9.17) is 15.2 Å². The monoisotopic (exact) mass is 428 g/mol.